The molecule has 1 aromatic carbocycles. The molecule has 2 aliphatic heterocycles. The lowest BCUT2D eigenvalue weighted by Gasteiger charge is -2.29. The minimum Gasteiger partial charge on any atom is -0.493 e. The molecular formula is C15H20N2O3. The maximum atomic E-state index is 12.3. The van der Waals surface area contributed by atoms with Crippen LogP contribution in [-0.4, -0.2) is 37.8 Å². The Morgan fingerprint density at radius 3 is 3.15 bits per heavy atom. The van der Waals surface area contributed by atoms with E-state index in [9.17, 15) is 4.79 Å². The summed E-state index contributed by atoms with van der Waals surface area (Å²) in [6, 6.07) is 5.52. The fourth-order valence-electron chi connectivity index (χ4n) is 2.69. The molecule has 0 spiro atoms. The third-order valence-electron chi connectivity index (χ3n) is 3.77. The average Bonchev–Trinajstić information content (AvgIpc) is 2.47. The number of aryl methyl sites for hydroxylation is 1. The van der Waals surface area contributed by atoms with Gasteiger partial charge in [-0.25, -0.2) is 0 Å². The van der Waals surface area contributed by atoms with E-state index in [2.05, 4.69) is 10.6 Å². The zero-order valence-electron chi connectivity index (χ0n) is 11.6. The Hall–Kier alpha value is -1.59. The number of anilines is 1. The molecule has 5 heteroatoms. The second-order valence-electron chi connectivity index (χ2n) is 5.27. The molecule has 3 rings (SSSR count). The lowest BCUT2D eigenvalue weighted by Crippen LogP contribution is -2.53. The monoisotopic (exact) mass is 276 g/mol. The first-order valence-corrected chi connectivity index (χ1v) is 7.15. The fourth-order valence-corrected chi connectivity index (χ4v) is 2.69. The number of hydrogen-bond donors (Lipinski definition) is 2. The smallest absolute Gasteiger partial charge is 0.244 e. The molecule has 108 valence electrons. The number of ether oxygens (including phenoxy) is 2. The average molecular weight is 276 g/mol. The molecule has 2 aliphatic rings. The highest BCUT2D eigenvalue weighted by atomic mass is 16.5. The van der Waals surface area contributed by atoms with Crippen LogP contribution in [0.3, 0.4) is 0 Å². The van der Waals surface area contributed by atoms with Crippen molar-refractivity contribution in [3.8, 4) is 5.75 Å². The van der Waals surface area contributed by atoms with E-state index in [1.807, 2.05) is 25.1 Å². The molecule has 2 heterocycles. The first-order chi connectivity index (χ1) is 9.74. The van der Waals surface area contributed by atoms with Gasteiger partial charge in [-0.05, 0) is 43.5 Å². The topological polar surface area (TPSA) is 59.6 Å². The van der Waals surface area contributed by atoms with Crippen LogP contribution in [0.5, 0.6) is 5.75 Å². The van der Waals surface area contributed by atoms with Crippen LogP contribution in [0.25, 0.3) is 0 Å². The number of morpholine rings is 1. The Kier molecular flexibility index (Phi) is 3.89. The molecule has 1 aromatic rings. The predicted molar refractivity (Wildman–Crippen MR) is 76.1 cm³/mol. The van der Waals surface area contributed by atoms with Crippen LogP contribution in [0.1, 0.15) is 18.9 Å². The summed E-state index contributed by atoms with van der Waals surface area (Å²) in [6.45, 7) is 4.05. The minimum absolute atomic E-state index is 0.0473. The summed E-state index contributed by atoms with van der Waals surface area (Å²) in [6.07, 6.45) is 1.92. The van der Waals surface area contributed by atoms with Gasteiger partial charge in [0.05, 0.1) is 19.3 Å². The third kappa shape index (κ3) is 2.78. The molecule has 0 unspecified atom stereocenters. The van der Waals surface area contributed by atoms with Gasteiger partial charge in [0, 0.05) is 12.2 Å². The van der Waals surface area contributed by atoms with Crippen molar-refractivity contribution < 1.29 is 14.3 Å². The second-order valence-corrected chi connectivity index (χ2v) is 5.27. The number of amides is 1. The molecule has 1 fully saturated rings. The zero-order valence-corrected chi connectivity index (χ0v) is 11.6. The van der Waals surface area contributed by atoms with Crippen LogP contribution in [0.2, 0.25) is 0 Å². The largest absolute Gasteiger partial charge is 0.493 e. The van der Waals surface area contributed by atoms with Gasteiger partial charge in [0.25, 0.3) is 0 Å². The van der Waals surface area contributed by atoms with E-state index in [0.29, 0.717) is 13.2 Å². The number of rotatable bonds is 2. The summed E-state index contributed by atoms with van der Waals surface area (Å²) in [5, 5.41) is 6.14. The highest BCUT2D eigenvalue weighted by molar-refractivity contribution is 5.95. The van der Waals surface area contributed by atoms with Gasteiger partial charge in [-0.2, -0.15) is 0 Å². The SMILES string of the molecule is C[C@H]1OCCN[C@@H]1C(=O)Nc1ccc2c(c1)CCCO2. The molecule has 0 aromatic heterocycles. The summed E-state index contributed by atoms with van der Waals surface area (Å²) in [7, 11) is 0. The molecule has 2 N–H and O–H groups in total. The third-order valence-corrected chi connectivity index (χ3v) is 3.77. The van der Waals surface area contributed by atoms with Crippen molar-refractivity contribution in [3.05, 3.63) is 23.8 Å². The van der Waals surface area contributed by atoms with Gasteiger partial charge in [-0.15, -0.1) is 0 Å². The van der Waals surface area contributed by atoms with E-state index >= 15 is 0 Å². The second kappa shape index (κ2) is 5.81. The molecule has 20 heavy (non-hydrogen) atoms. The van der Waals surface area contributed by atoms with Gasteiger partial charge in [0.2, 0.25) is 5.91 Å². The van der Waals surface area contributed by atoms with Crippen molar-refractivity contribution in [1.29, 1.82) is 0 Å². The lowest BCUT2D eigenvalue weighted by atomic mass is 10.1. The summed E-state index contributed by atoms with van der Waals surface area (Å²) in [5.74, 6) is 0.885. The molecule has 1 amide bonds. The number of nitrogens with one attached hydrogen (secondary N) is 2. The molecular weight excluding hydrogens is 256 g/mol. The minimum atomic E-state index is -0.295. The molecule has 2 atom stereocenters. The van der Waals surface area contributed by atoms with E-state index in [0.717, 1.165) is 36.4 Å². The quantitative estimate of drug-likeness (QED) is 0.855. The molecule has 0 bridgehead atoms. The van der Waals surface area contributed by atoms with Crippen molar-refractivity contribution in [2.75, 3.05) is 25.1 Å². The number of hydrogen-bond acceptors (Lipinski definition) is 4. The normalized spacial score (nSPS) is 25.4. The number of fused-ring (bicyclic) bond motifs is 1. The first kappa shape index (κ1) is 13.4. The molecule has 0 saturated carbocycles. The highest BCUT2D eigenvalue weighted by Crippen LogP contribution is 2.27. The standard InChI is InChI=1S/C15H20N2O3/c1-10-14(16-6-8-19-10)15(18)17-12-4-5-13-11(9-12)3-2-7-20-13/h4-5,9-10,14,16H,2-3,6-8H2,1H3,(H,17,18)/t10-,14+/m1/s1. The van der Waals surface area contributed by atoms with E-state index in [4.69, 9.17) is 9.47 Å². The Bertz CT molecular complexity index is 504. The van der Waals surface area contributed by atoms with Crippen LogP contribution >= 0.6 is 0 Å². The van der Waals surface area contributed by atoms with Crippen molar-refractivity contribution in [2.24, 2.45) is 0 Å². The van der Waals surface area contributed by atoms with Crippen molar-refractivity contribution in [3.63, 3.8) is 0 Å². The van der Waals surface area contributed by atoms with Crippen molar-refractivity contribution in [2.45, 2.75) is 31.9 Å². The number of carbonyl (C=O) groups is 1. The van der Waals surface area contributed by atoms with Gasteiger partial charge >= 0.3 is 0 Å². The van der Waals surface area contributed by atoms with Crippen LogP contribution in [0.4, 0.5) is 5.69 Å². The van der Waals surface area contributed by atoms with E-state index in [-0.39, 0.29) is 18.1 Å². The van der Waals surface area contributed by atoms with E-state index < -0.39 is 0 Å². The van der Waals surface area contributed by atoms with Gasteiger partial charge in [-0.3, -0.25) is 4.79 Å². The molecule has 0 aliphatic carbocycles. The molecule has 5 nitrogen and oxygen atoms in total. The first-order valence-electron chi connectivity index (χ1n) is 7.15. The van der Waals surface area contributed by atoms with Crippen molar-refractivity contribution in [1.82, 2.24) is 5.32 Å². The summed E-state index contributed by atoms with van der Waals surface area (Å²) in [4.78, 5) is 12.3. The van der Waals surface area contributed by atoms with Gasteiger partial charge in [-0.1, -0.05) is 0 Å². The predicted octanol–water partition coefficient (Wildman–Crippen LogP) is 1.33. The molecule has 1 saturated heterocycles. The van der Waals surface area contributed by atoms with Gasteiger partial charge in [0.1, 0.15) is 11.8 Å². The van der Waals surface area contributed by atoms with Crippen LogP contribution in [0.15, 0.2) is 18.2 Å². The summed E-state index contributed by atoms with van der Waals surface area (Å²) >= 11 is 0. The zero-order chi connectivity index (χ0) is 13.9. The van der Waals surface area contributed by atoms with Crippen LogP contribution in [0, 0.1) is 0 Å². The molecule has 0 radical (unpaired) electrons. The highest BCUT2D eigenvalue weighted by Gasteiger charge is 2.28. The Labute approximate surface area is 118 Å². The van der Waals surface area contributed by atoms with Crippen molar-refractivity contribution >= 4 is 11.6 Å². The Balaban J connectivity index is 1.69. The number of carbonyl (C=O) groups excluding carboxylic acids is 1. The number of benzene rings is 1. The van der Waals surface area contributed by atoms with Gasteiger partial charge in [0.15, 0.2) is 0 Å². The van der Waals surface area contributed by atoms with Crippen LogP contribution in [-0.2, 0) is 16.0 Å². The fraction of sp³-hybridized carbons (Fsp3) is 0.533. The summed E-state index contributed by atoms with van der Waals surface area (Å²) in [5.41, 5.74) is 1.98. The van der Waals surface area contributed by atoms with E-state index in [1.165, 1.54) is 0 Å². The summed E-state index contributed by atoms with van der Waals surface area (Å²) < 4.78 is 11.1. The Morgan fingerprint density at radius 2 is 2.30 bits per heavy atom. The maximum Gasteiger partial charge on any atom is 0.244 e. The Morgan fingerprint density at radius 1 is 1.40 bits per heavy atom. The van der Waals surface area contributed by atoms with Gasteiger partial charge < -0.3 is 20.1 Å². The lowest BCUT2D eigenvalue weighted by molar-refractivity contribution is -0.123. The van der Waals surface area contributed by atoms with E-state index in [1.54, 1.807) is 0 Å². The van der Waals surface area contributed by atoms with Crippen LogP contribution < -0.4 is 15.4 Å². The maximum absolute atomic E-state index is 12.3.